The number of guanidine groups is 1. The van der Waals surface area contributed by atoms with Gasteiger partial charge in [-0.1, -0.05) is 12.1 Å². The summed E-state index contributed by atoms with van der Waals surface area (Å²) in [5.74, 6) is 0.509. The summed E-state index contributed by atoms with van der Waals surface area (Å²) in [4.78, 5) is 5.72. The Bertz CT molecular complexity index is 700. The molecular formula is C19H27F5N4O2. The van der Waals surface area contributed by atoms with Crippen LogP contribution in [-0.2, 0) is 6.54 Å². The molecule has 1 saturated heterocycles. The number of alkyl halides is 5. The van der Waals surface area contributed by atoms with E-state index in [2.05, 4.69) is 20.4 Å². The van der Waals surface area contributed by atoms with Crippen molar-refractivity contribution in [3.8, 4) is 11.5 Å². The van der Waals surface area contributed by atoms with E-state index in [-0.39, 0.29) is 37.2 Å². The first-order valence-electron chi connectivity index (χ1n) is 9.75. The lowest BCUT2D eigenvalue weighted by Gasteiger charge is -2.20. The predicted molar refractivity (Wildman–Crippen MR) is 103 cm³/mol. The molecule has 0 bridgehead atoms. The van der Waals surface area contributed by atoms with Crippen LogP contribution in [0, 0.1) is 0 Å². The number of hydrogen-bond donors (Lipinski definition) is 2. The van der Waals surface area contributed by atoms with Gasteiger partial charge in [0.25, 0.3) is 0 Å². The van der Waals surface area contributed by atoms with Crippen LogP contribution in [0.1, 0.15) is 25.8 Å². The summed E-state index contributed by atoms with van der Waals surface area (Å²) < 4.78 is 73.4. The normalized spacial score (nSPS) is 18.0. The Morgan fingerprint density at radius 1 is 1.30 bits per heavy atom. The van der Waals surface area contributed by atoms with Crippen molar-refractivity contribution >= 4 is 5.96 Å². The third kappa shape index (κ3) is 7.85. The Balaban J connectivity index is 2.08. The zero-order valence-corrected chi connectivity index (χ0v) is 16.9. The molecule has 0 amide bonds. The molecule has 1 aliphatic heterocycles. The molecule has 170 valence electrons. The standard InChI is InChI=1S/C19H27F5N4O2/c1-3-25-18(27-14-8-9-28(11-14)12-19(22,23)24)26-10-13-6-5-7-15(29-4-2)16(13)30-17(20)21/h5-7,14,17H,3-4,8-12H2,1-2H3,(H2,25,26,27). The van der Waals surface area contributed by atoms with Crippen LogP contribution in [-0.4, -0.2) is 62.5 Å². The molecule has 1 aliphatic rings. The van der Waals surface area contributed by atoms with Crippen LogP contribution in [0.4, 0.5) is 22.0 Å². The Morgan fingerprint density at radius 3 is 2.70 bits per heavy atom. The largest absolute Gasteiger partial charge is 0.490 e. The highest BCUT2D eigenvalue weighted by Gasteiger charge is 2.34. The number of likely N-dealkylation sites (tertiary alicyclic amines) is 1. The molecule has 2 N–H and O–H groups in total. The summed E-state index contributed by atoms with van der Waals surface area (Å²) >= 11 is 0. The van der Waals surface area contributed by atoms with Crippen molar-refractivity contribution in [1.29, 1.82) is 0 Å². The van der Waals surface area contributed by atoms with Crippen LogP contribution in [0.5, 0.6) is 11.5 Å². The summed E-state index contributed by atoms with van der Waals surface area (Å²) in [7, 11) is 0. The average molecular weight is 438 g/mol. The van der Waals surface area contributed by atoms with E-state index >= 15 is 0 Å². The van der Waals surface area contributed by atoms with Crippen molar-refractivity contribution in [2.75, 3.05) is 32.8 Å². The van der Waals surface area contributed by atoms with E-state index < -0.39 is 19.3 Å². The SMILES string of the molecule is CCNC(=NCc1cccc(OCC)c1OC(F)F)NC1CCN(CC(F)(F)F)C1. The fraction of sp³-hybridized carbons (Fsp3) is 0.632. The van der Waals surface area contributed by atoms with E-state index in [4.69, 9.17) is 4.74 Å². The van der Waals surface area contributed by atoms with Gasteiger partial charge in [-0.25, -0.2) is 4.99 Å². The van der Waals surface area contributed by atoms with Crippen LogP contribution < -0.4 is 20.1 Å². The molecule has 1 aromatic carbocycles. The number of nitrogens with one attached hydrogen (secondary N) is 2. The quantitative estimate of drug-likeness (QED) is 0.352. The molecule has 11 heteroatoms. The van der Waals surface area contributed by atoms with Gasteiger partial charge in [-0.3, -0.25) is 4.90 Å². The van der Waals surface area contributed by atoms with E-state index in [1.165, 1.54) is 11.0 Å². The first kappa shape index (κ1) is 24.0. The van der Waals surface area contributed by atoms with E-state index in [1.54, 1.807) is 19.1 Å². The molecule has 2 rings (SSSR count). The molecule has 1 heterocycles. The maximum absolute atomic E-state index is 12.8. The monoisotopic (exact) mass is 438 g/mol. The fourth-order valence-corrected chi connectivity index (χ4v) is 3.20. The minimum atomic E-state index is -4.24. The molecule has 0 aliphatic carbocycles. The lowest BCUT2D eigenvalue weighted by atomic mass is 10.2. The van der Waals surface area contributed by atoms with Crippen LogP contribution in [0.3, 0.4) is 0 Å². The molecule has 0 radical (unpaired) electrons. The minimum Gasteiger partial charge on any atom is -0.490 e. The summed E-state index contributed by atoms with van der Waals surface area (Å²) in [6.45, 7) is 1.03. The second-order valence-corrected chi connectivity index (χ2v) is 6.73. The first-order chi connectivity index (χ1) is 14.2. The molecule has 30 heavy (non-hydrogen) atoms. The number of para-hydroxylation sites is 1. The van der Waals surface area contributed by atoms with Crippen LogP contribution >= 0.6 is 0 Å². The van der Waals surface area contributed by atoms with Crippen molar-refractivity contribution < 1.29 is 31.4 Å². The number of rotatable bonds is 9. The second kappa shape index (κ2) is 11.2. The molecule has 0 spiro atoms. The van der Waals surface area contributed by atoms with Gasteiger partial charge in [0.2, 0.25) is 0 Å². The lowest BCUT2D eigenvalue weighted by molar-refractivity contribution is -0.143. The number of hydrogen-bond acceptors (Lipinski definition) is 4. The highest BCUT2D eigenvalue weighted by atomic mass is 19.4. The zero-order valence-electron chi connectivity index (χ0n) is 16.9. The van der Waals surface area contributed by atoms with E-state index in [1.807, 2.05) is 6.92 Å². The van der Waals surface area contributed by atoms with Crippen molar-refractivity contribution in [3.05, 3.63) is 23.8 Å². The van der Waals surface area contributed by atoms with Gasteiger partial charge in [0, 0.05) is 31.2 Å². The van der Waals surface area contributed by atoms with E-state index in [0.29, 0.717) is 31.0 Å². The summed E-state index contributed by atoms with van der Waals surface area (Å²) in [6, 6.07) is 4.59. The molecule has 1 fully saturated rings. The number of halogens is 5. The highest BCUT2D eigenvalue weighted by molar-refractivity contribution is 5.80. The molecule has 1 atom stereocenters. The second-order valence-electron chi connectivity index (χ2n) is 6.73. The van der Waals surface area contributed by atoms with Gasteiger partial charge in [0.1, 0.15) is 0 Å². The highest BCUT2D eigenvalue weighted by Crippen LogP contribution is 2.33. The van der Waals surface area contributed by atoms with Gasteiger partial charge < -0.3 is 20.1 Å². The molecular weight excluding hydrogens is 411 g/mol. The first-order valence-corrected chi connectivity index (χ1v) is 9.75. The summed E-state index contributed by atoms with van der Waals surface area (Å²) in [5, 5.41) is 6.13. The van der Waals surface area contributed by atoms with Gasteiger partial charge in [0.15, 0.2) is 17.5 Å². The average Bonchev–Trinajstić information content (AvgIpc) is 3.06. The molecule has 0 aromatic heterocycles. The number of aliphatic imine (C=N–C) groups is 1. The number of benzene rings is 1. The third-order valence-electron chi connectivity index (χ3n) is 4.34. The van der Waals surface area contributed by atoms with Crippen LogP contribution in [0.2, 0.25) is 0 Å². The lowest BCUT2D eigenvalue weighted by Crippen LogP contribution is -2.45. The minimum absolute atomic E-state index is 0.0251. The van der Waals surface area contributed by atoms with Gasteiger partial charge >= 0.3 is 12.8 Å². The number of nitrogens with zero attached hydrogens (tertiary/aromatic N) is 2. The Labute approximate surface area is 172 Å². The zero-order chi connectivity index (χ0) is 22.1. The Kier molecular flexibility index (Phi) is 8.94. The third-order valence-corrected chi connectivity index (χ3v) is 4.34. The van der Waals surface area contributed by atoms with Crippen LogP contribution in [0.15, 0.2) is 23.2 Å². The Hall–Kier alpha value is -2.30. The fourth-order valence-electron chi connectivity index (χ4n) is 3.20. The van der Waals surface area contributed by atoms with Gasteiger partial charge in [-0.05, 0) is 26.3 Å². The number of ether oxygens (including phenoxy) is 2. The smallest absolute Gasteiger partial charge is 0.401 e. The maximum atomic E-state index is 12.8. The topological polar surface area (TPSA) is 58.1 Å². The van der Waals surface area contributed by atoms with Gasteiger partial charge in [-0.2, -0.15) is 22.0 Å². The maximum Gasteiger partial charge on any atom is 0.401 e. The van der Waals surface area contributed by atoms with Crippen molar-refractivity contribution in [3.63, 3.8) is 0 Å². The van der Waals surface area contributed by atoms with E-state index in [0.717, 1.165) is 0 Å². The Morgan fingerprint density at radius 2 is 2.07 bits per heavy atom. The van der Waals surface area contributed by atoms with Crippen molar-refractivity contribution in [1.82, 2.24) is 15.5 Å². The predicted octanol–water partition coefficient (Wildman–Crippen LogP) is 3.38. The van der Waals surface area contributed by atoms with Gasteiger partial charge in [0.05, 0.1) is 19.7 Å². The molecule has 6 nitrogen and oxygen atoms in total. The van der Waals surface area contributed by atoms with Gasteiger partial charge in [-0.15, -0.1) is 0 Å². The van der Waals surface area contributed by atoms with Crippen LogP contribution in [0.25, 0.3) is 0 Å². The molecule has 1 unspecified atom stereocenters. The van der Waals surface area contributed by atoms with Crippen molar-refractivity contribution in [2.24, 2.45) is 4.99 Å². The van der Waals surface area contributed by atoms with Crippen molar-refractivity contribution in [2.45, 2.75) is 45.6 Å². The molecule has 1 aromatic rings. The summed E-state index contributed by atoms with van der Waals surface area (Å²) in [6.07, 6.45) is -3.69. The summed E-state index contributed by atoms with van der Waals surface area (Å²) in [5.41, 5.74) is 0.406. The van der Waals surface area contributed by atoms with E-state index in [9.17, 15) is 22.0 Å². The molecule has 0 saturated carbocycles.